The molecule has 1 fully saturated rings. The van der Waals surface area contributed by atoms with Crippen molar-refractivity contribution in [1.29, 1.82) is 0 Å². The number of likely N-dealkylation sites (N-methyl/N-ethyl adjacent to an activating group) is 1. The van der Waals surface area contributed by atoms with Crippen LogP contribution < -0.4 is 5.73 Å². The minimum atomic E-state index is -1.20. The highest BCUT2D eigenvalue weighted by atomic mass is 16.3. The molecule has 0 radical (unpaired) electrons. The minimum Gasteiger partial charge on any atom is -0.389 e. The highest BCUT2D eigenvalue weighted by Gasteiger charge is 2.65. The first-order chi connectivity index (χ1) is 10.1. The summed E-state index contributed by atoms with van der Waals surface area (Å²) in [6, 6.07) is -0.548. The van der Waals surface area contributed by atoms with Crippen molar-refractivity contribution >= 4 is 11.7 Å². The van der Waals surface area contributed by atoms with Crippen LogP contribution in [0.15, 0.2) is 0 Å². The van der Waals surface area contributed by atoms with E-state index >= 15 is 0 Å². The van der Waals surface area contributed by atoms with E-state index in [0.717, 1.165) is 0 Å². The third-order valence-corrected chi connectivity index (χ3v) is 5.58. The zero-order chi connectivity index (χ0) is 18.5. The fourth-order valence-electron chi connectivity index (χ4n) is 4.60. The van der Waals surface area contributed by atoms with Crippen LogP contribution in [0, 0.1) is 28.6 Å². The van der Waals surface area contributed by atoms with E-state index in [2.05, 4.69) is 0 Å². The summed E-state index contributed by atoms with van der Waals surface area (Å²) in [6.45, 7) is 13.8. The molecule has 0 aromatic carbocycles. The van der Waals surface area contributed by atoms with Crippen molar-refractivity contribution in [1.82, 2.24) is 4.90 Å². The lowest BCUT2D eigenvalue weighted by molar-refractivity contribution is -0.217. The van der Waals surface area contributed by atoms with Gasteiger partial charge in [0.2, 0.25) is 5.91 Å². The van der Waals surface area contributed by atoms with Crippen LogP contribution in [0.2, 0.25) is 0 Å². The lowest BCUT2D eigenvalue weighted by atomic mass is 9.48. The summed E-state index contributed by atoms with van der Waals surface area (Å²) in [7, 11) is 3.64. The molecule has 0 saturated heterocycles. The summed E-state index contributed by atoms with van der Waals surface area (Å²) in [5.74, 6) is -2.64. The Morgan fingerprint density at radius 2 is 1.61 bits per heavy atom. The van der Waals surface area contributed by atoms with E-state index in [0.29, 0.717) is 0 Å². The average molecular weight is 326 g/mol. The number of carbonyl (C=O) groups excluding carboxylic acids is 2. The van der Waals surface area contributed by atoms with Crippen LogP contribution in [-0.4, -0.2) is 47.4 Å². The molecule has 1 aliphatic rings. The molecule has 5 atom stereocenters. The van der Waals surface area contributed by atoms with Crippen molar-refractivity contribution in [3.05, 3.63) is 0 Å². The van der Waals surface area contributed by atoms with Crippen LogP contribution >= 0.6 is 0 Å². The molecule has 1 aliphatic carbocycles. The average Bonchev–Trinajstić information content (AvgIpc) is 2.29. The molecule has 0 spiro atoms. The molecular weight excluding hydrogens is 292 g/mol. The summed E-state index contributed by atoms with van der Waals surface area (Å²) in [4.78, 5) is 26.8. The Balaban J connectivity index is 3.73. The third-order valence-electron chi connectivity index (χ3n) is 5.58. The monoisotopic (exact) mass is 326 g/mol. The van der Waals surface area contributed by atoms with Crippen molar-refractivity contribution in [2.45, 2.75) is 60.1 Å². The Morgan fingerprint density at radius 1 is 1.17 bits per heavy atom. The SMILES string of the molecule is CC1C(C(N)=O)C(=O)[C@@H](N(C)C)C(C(C)(C)C)[C@]1(O)C(C)(C)C. The lowest BCUT2D eigenvalue weighted by Crippen LogP contribution is -2.72. The first kappa shape index (κ1) is 20.1. The second kappa shape index (κ2) is 5.85. The van der Waals surface area contributed by atoms with Gasteiger partial charge in [0.15, 0.2) is 5.78 Å². The van der Waals surface area contributed by atoms with Gasteiger partial charge in [0.05, 0.1) is 11.6 Å². The molecule has 3 unspecified atom stereocenters. The van der Waals surface area contributed by atoms with E-state index in [1.807, 2.05) is 60.5 Å². The summed E-state index contributed by atoms with van der Waals surface area (Å²) in [6.07, 6.45) is 0. The molecule has 23 heavy (non-hydrogen) atoms. The Labute approximate surface area is 140 Å². The number of rotatable bonds is 2. The smallest absolute Gasteiger partial charge is 0.228 e. The second-order valence-corrected chi connectivity index (χ2v) is 9.40. The fraction of sp³-hybridized carbons (Fsp3) is 0.889. The van der Waals surface area contributed by atoms with Crippen molar-refractivity contribution in [2.24, 2.45) is 34.3 Å². The maximum atomic E-state index is 13.0. The van der Waals surface area contributed by atoms with E-state index in [-0.39, 0.29) is 17.1 Å². The van der Waals surface area contributed by atoms with Crippen molar-refractivity contribution in [2.75, 3.05) is 14.1 Å². The molecule has 1 amide bonds. The number of aliphatic hydroxyl groups is 1. The predicted octanol–water partition coefficient (Wildman–Crippen LogP) is 1.68. The maximum absolute atomic E-state index is 13.0. The highest BCUT2D eigenvalue weighted by molar-refractivity contribution is 6.04. The zero-order valence-corrected chi connectivity index (χ0v) is 16.1. The molecule has 3 N–H and O–H groups in total. The molecule has 0 aromatic heterocycles. The normalized spacial score (nSPS) is 36.4. The molecule has 0 aromatic rings. The number of ketones is 1. The topological polar surface area (TPSA) is 83.6 Å². The van der Waals surface area contributed by atoms with Crippen molar-refractivity contribution in [3.63, 3.8) is 0 Å². The molecule has 1 saturated carbocycles. The zero-order valence-electron chi connectivity index (χ0n) is 16.1. The van der Waals surface area contributed by atoms with Crippen LogP contribution in [-0.2, 0) is 9.59 Å². The Bertz CT molecular complexity index is 487. The molecular formula is C18H34N2O3. The van der Waals surface area contributed by atoms with Gasteiger partial charge in [0.1, 0.15) is 5.92 Å². The Kier molecular flexibility index (Phi) is 5.11. The van der Waals surface area contributed by atoms with Crippen LogP contribution in [0.3, 0.4) is 0 Å². The maximum Gasteiger partial charge on any atom is 0.228 e. The van der Waals surface area contributed by atoms with Crippen LogP contribution in [0.1, 0.15) is 48.5 Å². The minimum absolute atomic E-state index is 0.177. The third kappa shape index (κ3) is 3.05. The summed E-state index contributed by atoms with van der Waals surface area (Å²) in [5, 5.41) is 11.8. The van der Waals surface area contributed by atoms with Gasteiger partial charge in [0.25, 0.3) is 0 Å². The van der Waals surface area contributed by atoms with Crippen molar-refractivity contribution < 1.29 is 14.7 Å². The number of nitrogens with two attached hydrogens (primary N) is 1. The number of Topliss-reactive ketones (excluding diaryl/α,β-unsaturated/α-hetero) is 1. The molecule has 0 heterocycles. The highest BCUT2D eigenvalue weighted by Crippen LogP contribution is 2.55. The summed E-state index contributed by atoms with van der Waals surface area (Å²) < 4.78 is 0. The summed E-state index contributed by atoms with van der Waals surface area (Å²) >= 11 is 0. The fourth-order valence-corrected chi connectivity index (χ4v) is 4.60. The van der Waals surface area contributed by atoms with Gasteiger partial charge in [-0.3, -0.25) is 14.5 Å². The predicted molar refractivity (Wildman–Crippen MR) is 91.7 cm³/mol. The lowest BCUT2D eigenvalue weighted by Gasteiger charge is -2.61. The van der Waals surface area contributed by atoms with Crippen molar-refractivity contribution in [3.8, 4) is 0 Å². The number of hydrogen-bond acceptors (Lipinski definition) is 4. The molecule has 0 aliphatic heterocycles. The number of hydrogen-bond donors (Lipinski definition) is 2. The molecule has 0 bridgehead atoms. The molecule has 5 heteroatoms. The van der Waals surface area contributed by atoms with E-state index in [9.17, 15) is 14.7 Å². The Morgan fingerprint density at radius 3 is 1.87 bits per heavy atom. The second-order valence-electron chi connectivity index (χ2n) is 9.40. The van der Waals surface area contributed by atoms with Crippen LogP contribution in [0.4, 0.5) is 0 Å². The van der Waals surface area contributed by atoms with Gasteiger partial charge < -0.3 is 10.8 Å². The number of primary amides is 1. The number of nitrogens with zero attached hydrogens (tertiary/aromatic N) is 1. The van der Waals surface area contributed by atoms with E-state index in [4.69, 9.17) is 5.73 Å². The first-order valence-corrected chi connectivity index (χ1v) is 8.30. The van der Waals surface area contributed by atoms with Gasteiger partial charge in [-0.05, 0) is 24.9 Å². The van der Waals surface area contributed by atoms with E-state index in [1.165, 1.54) is 0 Å². The summed E-state index contributed by atoms with van der Waals surface area (Å²) in [5.41, 5.74) is 3.52. The molecule has 1 rings (SSSR count). The Hall–Kier alpha value is -0.940. The van der Waals surface area contributed by atoms with Gasteiger partial charge in [-0.1, -0.05) is 48.5 Å². The van der Waals surface area contributed by atoms with Crippen LogP contribution in [0.5, 0.6) is 0 Å². The van der Waals surface area contributed by atoms with Gasteiger partial charge in [0, 0.05) is 11.8 Å². The molecule has 5 nitrogen and oxygen atoms in total. The standard InChI is InChI=1S/C18H34N2O3/c1-10-11(15(19)22)13(21)12(20(8)9)14(16(2,3)4)18(10,23)17(5,6)7/h10-12,14,23H,1-9H3,(H2,19,22)/t10?,11?,12-,14?,18+/m1/s1. The van der Waals surface area contributed by atoms with E-state index in [1.54, 1.807) is 6.92 Å². The molecule has 134 valence electrons. The van der Waals surface area contributed by atoms with Gasteiger partial charge in [-0.2, -0.15) is 0 Å². The van der Waals surface area contributed by atoms with E-state index < -0.39 is 34.8 Å². The largest absolute Gasteiger partial charge is 0.389 e. The van der Waals surface area contributed by atoms with Gasteiger partial charge in [-0.25, -0.2) is 0 Å². The van der Waals surface area contributed by atoms with Gasteiger partial charge >= 0.3 is 0 Å². The number of carbonyl (C=O) groups is 2. The first-order valence-electron chi connectivity index (χ1n) is 8.30. The number of amides is 1. The quantitative estimate of drug-likeness (QED) is 0.756. The van der Waals surface area contributed by atoms with Crippen LogP contribution in [0.25, 0.3) is 0 Å². The van der Waals surface area contributed by atoms with Gasteiger partial charge in [-0.15, -0.1) is 0 Å².